The smallest absolute Gasteiger partial charge is 0.198 e. The lowest BCUT2D eigenvalue weighted by atomic mass is 10.1. The van der Waals surface area contributed by atoms with E-state index in [9.17, 15) is 0 Å². The molecule has 0 atom stereocenters. The van der Waals surface area contributed by atoms with Crippen LogP contribution in [0.1, 0.15) is 17.2 Å². The topological polar surface area (TPSA) is 66.5 Å². The molecule has 15 heavy (non-hydrogen) atoms. The summed E-state index contributed by atoms with van der Waals surface area (Å²) >= 11 is 0. The van der Waals surface area contributed by atoms with Crippen molar-refractivity contribution in [1.82, 2.24) is 4.98 Å². The molecule has 2 N–H and O–H groups in total. The molecule has 2 aromatic rings. The van der Waals surface area contributed by atoms with E-state index >= 15 is 0 Å². The van der Waals surface area contributed by atoms with Crippen molar-refractivity contribution in [3.63, 3.8) is 0 Å². The molecule has 0 amide bonds. The number of phenols is 1. The fraction of sp³-hybridized carbons (Fsp3) is 0.182. The second kappa shape index (κ2) is 4.14. The molecule has 0 aliphatic carbocycles. The van der Waals surface area contributed by atoms with Crippen LogP contribution >= 0.6 is 0 Å². The van der Waals surface area contributed by atoms with Crippen molar-refractivity contribution in [2.45, 2.75) is 13.0 Å². The van der Waals surface area contributed by atoms with Crippen LogP contribution in [0.25, 0.3) is 0 Å². The Morgan fingerprint density at radius 2 is 1.93 bits per heavy atom. The van der Waals surface area contributed by atoms with Gasteiger partial charge in [-0.2, -0.15) is 0 Å². The SMILES string of the molecule is OCc1cnc(Cc2ccc(O)cc2)o1. The van der Waals surface area contributed by atoms with Gasteiger partial charge < -0.3 is 14.6 Å². The molecule has 0 aliphatic heterocycles. The minimum atomic E-state index is -0.136. The first-order valence-corrected chi connectivity index (χ1v) is 4.60. The largest absolute Gasteiger partial charge is 0.508 e. The quantitative estimate of drug-likeness (QED) is 0.796. The van der Waals surface area contributed by atoms with E-state index in [1.165, 1.54) is 6.20 Å². The zero-order valence-corrected chi connectivity index (χ0v) is 8.05. The maximum absolute atomic E-state index is 9.09. The lowest BCUT2D eigenvalue weighted by Crippen LogP contribution is -1.86. The Kier molecular flexibility index (Phi) is 2.69. The fourth-order valence-electron chi connectivity index (χ4n) is 1.29. The highest BCUT2D eigenvalue weighted by Gasteiger charge is 2.03. The summed E-state index contributed by atoms with van der Waals surface area (Å²) in [6, 6.07) is 6.84. The predicted octanol–water partition coefficient (Wildman–Crippen LogP) is 1.46. The van der Waals surface area contributed by atoms with E-state index in [1.807, 2.05) is 0 Å². The van der Waals surface area contributed by atoms with E-state index in [2.05, 4.69) is 4.98 Å². The van der Waals surface area contributed by atoms with Gasteiger partial charge in [0.15, 0.2) is 5.89 Å². The Bertz CT molecular complexity index is 433. The summed E-state index contributed by atoms with van der Waals surface area (Å²) < 4.78 is 5.24. The highest BCUT2D eigenvalue weighted by atomic mass is 16.4. The lowest BCUT2D eigenvalue weighted by Gasteiger charge is -1.97. The number of nitrogens with zero attached hydrogens (tertiary/aromatic N) is 1. The molecule has 2 rings (SSSR count). The molecule has 1 aromatic heterocycles. The molecule has 0 radical (unpaired) electrons. The monoisotopic (exact) mass is 205 g/mol. The maximum atomic E-state index is 9.09. The van der Waals surface area contributed by atoms with Crippen molar-refractivity contribution in [2.75, 3.05) is 0 Å². The first kappa shape index (κ1) is 9.73. The Labute approximate surface area is 86.8 Å². The number of rotatable bonds is 3. The van der Waals surface area contributed by atoms with Gasteiger partial charge in [-0.1, -0.05) is 12.1 Å². The summed E-state index contributed by atoms with van der Waals surface area (Å²) in [5, 5.41) is 17.9. The van der Waals surface area contributed by atoms with Crippen LogP contribution in [-0.4, -0.2) is 15.2 Å². The van der Waals surface area contributed by atoms with E-state index in [-0.39, 0.29) is 12.4 Å². The summed E-state index contributed by atoms with van der Waals surface area (Å²) in [6.07, 6.45) is 2.07. The molecule has 1 aromatic carbocycles. The second-order valence-electron chi connectivity index (χ2n) is 3.22. The highest BCUT2D eigenvalue weighted by molar-refractivity contribution is 5.27. The number of phenolic OH excluding ortho intramolecular Hbond substituents is 1. The van der Waals surface area contributed by atoms with Gasteiger partial charge in [-0.05, 0) is 17.7 Å². The second-order valence-corrected chi connectivity index (χ2v) is 3.22. The van der Waals surface area contributed by atoms with Gasteiger partial charge in [-0.25, -0.2) is 4.98 Å². The van der Waals surface area contributed by atoms with Crippen molar-refractivity contribution < 1.29 is 14.6 Å². The first-order valence-electron chi connectivity index (χ1n) is 4.60. The number of aliphatic hydroxyl groups excluding tert-OH is 1. The van der Waals surface area contributed by atoms with Gasteiger partial charge in [0.2, 0.25) is 0 Å². The van der Waals surface area contributed by atoms with Crippen LogP contribution in [0.4, 0.5) is 0 Å². The molecular weight excluding hydrogens is 194 g/mol. The molecule has 4 heteroatoms. The van der Waals surface area contributed by atoms with Gasteiger partial charge in [0.25, 0.3) is 0 Å². The minimum absolute atomic E-state index is 0.136. The Morgan fingerprint density at radius 1 is 1.20 bits per heavy atom. The molecule has 0 bridgehead atoms. The summed E-state index contributed by atoms with van der Waals surface area (Å²) in [7, 11) is 0. The van der Waals surface area contributed by atoms with Crippen LogP contribution in [0.15, 0.2) is 34.9 Å². The molecule has 1 heterocycles. The summed E-state index contributed by atoms with van der Waals surface area (Å²) in [4.78, 5) is 4.02. The van der Waals surface area contributed by atoms with E-state index < -0.39 is 0 Å². The van der Waals surface area contributed by atoms with Crippen LogP contribution in [0.3, 0.4) is 0 Å². The predicted molar refractivity (Wildman–Crippen MR) is 53.3 cm³/mol. The molecular formula is C11H11NO3. The maximum Gasteiger partial charge on any atom is 0.198 e. The third-order valence-electron chi connectivity index (χ3n) is 2.05. The number of aromatic hydroxyl groups is 1. The third-order valence-corrected chi connectivity index (χ3v) is 2.05. The van der Waals surface area contributed by atoms with E-state index in [1.54, 1.807) is 24.3 Å². The molecule has 4 nitrogen and oxygen atoms in total. The molecule has 0 fully saturated rings. The number of benzene rings is 1. The minimum Gasteiger partial charge on any atom is -0.508 e. The Balaban J connectivity index is 2.11. The number of aromatic nitrogens is 1. The van der Waals surface area contributed by atoms with Crippen LogP contribution in [0.2, 0.25) is 0 Å². The van der Waals surface area contributed by atoms with Gasteiger partial charge in [0.05, 0.1) is 6.20 Å². The van der Waals surface area contributed by atoms with Crippen LogP contribution in [0, 0.1) is 0 Å². The molecule has 0 aliphatic rings. The molecule has 0 spiro atoms. The van der Waals surface area contributed by atoms with Crippen LogP contribution in [0.5, 0.6) is 5.75 Å². The molecule has 0 saturated carbocycles. The van der Waals surface area contributed by atoms with Crippen molar-refractivity contribution in [1.29, 1.82) is 0 Å². The average Bonchev–Trinajstić information content (AvgIpc) is 2.69. The van der Waals surface area contributed by atoms with Gasteiger partial charge in [-0.15, -0.1) is 0 Å². The highest BCUT2D eigenvalue weighted by Crippen LogP contribution is 2.14. The lowest BCUT2D eigenvalue weighted by molar-refractivity contribution is 0.244. The zero-order valence-electron chi connectivity index (χ0n) is 8.05. The van der Waals surface area contributed by atoms with E-state index in [4.69, 9.17) is 14.6 Å². The number of hydrogen-bond donors (Lipinski definition) is 2. The summed E-state index contributed by atoms with van der Waals surface area (Å²) in [5.41, 5.74) is 0.999. The van der Waals surface area contributed by atoms with Crippen molar-refractivity contribution >= 4 is 0 Å². The Morgan fingerprint density at radius 3 is 2.53 bits per heavy atom. The standard InChI is InChI=1S/C11H11NO3/c13-7-10-6-12-11(15-10)5-8-1-3-9(14)4-2-8/h1-4,6,13-14H,5,7H2. The van der Waals surface area contributed by atoms with Crippen molar-refractivity contribution in [2.24, 2.45) is 0 Å². The van der Waals surface area contributed by atoms with E-state index in [0.29, 0.717) is 18.1 Å². The average molecular weight is 205 g/mol. The van der Waals surface area contributed by atoms with Gasteiger partial charge in [-0.3, -0.25) is 0 Å². The summed E-state index contributed by atoms with van der Waals surface area (Å²) in [6.45, 7) is -0.136. The fourth-order valence-corrected chi connectivity index (χ4v) is 1.29. The number of oxazole rings is 1. The Hall–Kier alpha value is -1.81. The van der Waals surface area contributed by atoms with Gasteiger partial charge in [0, 0.05) is 6.42 Å². The molecule has 0 saturated heterocycles. The molecule has 0 unspecified atom stereocenters. The van der Waals surface area contributed by atoms with E-state index in [0.717, 1.165) is 5.56 Å². The summed E-state index contributed by atoms with van der Waals surface area (Å²) in [5.74, 6) is 1.26. The molecule has 78 valence electrons. The third kappa shape index (κ3) is 2.35. The number of hydrogen-bond acceptors (Lipinski definition) is 4. The van der Waals surface area contributed by atoms with Gasteiger partial charge in [0.1, 0.15) is 18.1 Å². The number of aliphatic hydroxyl groups is 1. The van der Waals surface area contributed by atoms with Gasteiger partial charge >= 0.3 is 0 Å². The normalized spacial score (nSPS) is 10.5. The van der Waals surface area contributed by atoms with Crippen LogP contribution < -0.4 is 0 Å². The first-order chi connectivity index (χ1) is 7.28. The van der Waals surface area contributed by atoms with Crippen molar-refractivity contribution in [3.8, 4) is 5.75 Å². The zero-order chi connectivity index (χ0) is 10.7. The van der Waals surface area contributed by atoms with Crippen LogP contribution in [-0.2, 0) is 13.0 Å². The van der Waals surface area contributed by atoms with Crippen molar-refractivity contribution in [3.05, 3.63) is 47.7 Å².